The van der Waals surface area contributed by atoms with E-state index in [4.69, 9.17) is 4.74 Å². The van der Waals surface area contributed by atoms with E-state index in [-0.39, 0.29) is 20.4 Å². The summed E-state index contributed by atoms with van der Waals surface area (Å²) in [6.07, 6.45) is 1.92. The molecular weight excluding hydrogens is 430 g/mol. The Hall–Kier alpha value is -2.36. The number of sulfonamides is 1. The lowest BCUT2D eigenvalue weighted by Crippen LogP contribution is -2.14. The Kier molecular flexibility index (Phi) is 6.61. The van der Waals surface area contributed by atoms with Gasteiger partial charge in [0.15, 0.2) is 0 Å². The first-order valence-corrected chi connectivity index (χ1v) is 12.9. The van der Waals surface area contributed by atoms with Crippen molar-refractivity contribution in [3.05, 3.63) is 65.4 Å². The van der Waals surface area contributed by atoms with Crippen molar-refractivity contribution in [2.24, 2.45) is 0 Å². The monoisotopic (exact) mass is 451 g/mol. The minimum atomic E-state index is -3.95. The molecular formula is C20H21NO5S3. The topological polar surface area (TPSA) is 89.5 Å². The first-order valence-electron chi connectivity index (χ1n) is 8.96. The quantitative estimate of drug-likeness (QED) is 0.482. The maximum atomic E-state index is 12.9. The number of benzene rings is 2. The fraction of sp³-hybridized carbons (Fsp3) is 0.200. The van der Waals surface area contributed by atoms with E-state index >= 15 is 0 Å². The molecule has 3 aromatic rings. The largest absolute Gasteiger partial charge is 0.494 e. The van der Waals surface area contributed by atoms with Gasteiger partial charge in [-0.25, -0.2) is 16.8 Å². The molecule has 9 heteroatoms. The van der Waals surface area contributed by atoms with E-state index in [9.17, 15) is 16.8 Å². The Morgan fingerprint density at radius 1 is 0.897 bits per heavy atom. The highest BCUT2D eigenvalue weighted by atomic mass is 32.2. The second-order valence-electron chi connectivity index (χ2n) is 6.25. The third-order valence-corrected chi connectivity index (χ3v) is 8.20. The van der Waals surface area contributed by atoms with Crippen LogP contribution in [0, 0.1) is 0 Å². The van der Waals surface area contributed by atoms with Crippen LogP contribution in [0.5, 0.6) is 5.75 Å². The molecule has 0 unspecified atom stereocenters. The van der Waals surface area contributed by atoms with Crippen LogP contribution in [0.2, 0.25) is 0 Å². The fourth-order valence-electron chi connectivity index (χ4n) is 2.55. The standard InChI is InChI=1S/C20H21NO5S3/c1-2-3-13-26-16-9-11-18(12-10-16)29(24,25)21-19-14-27-15-20(19)28(22,23)17-7-5-4-6-8-17/h4-12,14-15,21H,2-3,13H2,1H3. The molecule has 6 nitrogen and oxygen atoms in total. The van der Waals surface area contributed by atoms with Gasteiger partial charge in [0.2, 0.25) is 9.84 Å². The molecule has 3 rings (SSSR count). The summed E-state index contributed by atoms with van der Waals surface area (Å²) in [4.78, 5) is 0.0545. The van der Waals surface area contributed by atoms with Crippen molar-refractivity contribution < 1.29 is 21.6 Å². The van der Waals surface area contributed by atoms with Gasteiger partial charge in [0.1, 0.15) is 10.6 Å². The van der Waals surface area contributed by atoms with E-state index in [1.807, 2.05) is 0 Å². The molecule has 29 heavy (non-hydrogen) atoms. The lowest BCUT2D eigenvalue weighted by molar-refractivity contribution is 0.309. The van der Waals surface area contributed by atoms with Gasteiger partial charge in [-0.2, -0.15) is 0 Å². The number of hydrogen-bond acceptors (Lipinski definition) is 6. The Bertz CT molecular complexity index is 1150. The summed E-state index contributed by atoms with van der Waals surface area (Å²) in [5.74, 6) is 0.584. The molecule has 0 saturated heterocycles. The third-order valence-electron chi connectivity index (χ3n) is 4.11. The lowest BCUT2D eigenvalue weighted by Gasteiger charge is -2.11. The summed E-state index contributed by atoms with van der Waals surface area (Å²) in [6, 6.07) is 13.9. The molecule has 0 fully saturated rings. The van der Waals surface area contributed by atoms with Crippen molar-refractivity contribution in [2.45, 2.75) is 34.5 Å². The fourth-order valence-corrected chi connectivity index (χ4v) is 6.31. The smallest absolute Gasteiger partial charge is 0.261 e. The SMILES string of the molecule is CCCCOc1ccc(S(=O)(=O)Nc2cscc2S(=O)(=O)c2ccccc2)cc1. The molecule has 0 aliphatic rings. The van der Waals surface area contributed by atoms with Crippen molar-refractivity contribution in [2.75, 3.05) is 11.3 Å². The number of thiophene rings is 1. The van der Waals surface area contributed by atoms with Crippen LogP contribution in [0.15, 0.2) is 80.0 Å². The maximum absolute atomic E-state index is 12.9. The number of hydrogen-bond donors (Lipinski definition) is 1. The summed E-state index contributed by atoms with van der Waals surface area (Å²) >= 11 is 1.11. The zero-order valence-electron chi connectivity index (χ0n) is 15.7. The van der Waals surface area contributed by atoms with Crippen LogP contribution >= 0.6 is 11.3 Å². The van der Waals surface area contributed by atoms with E-state index in [0.717, 1.165) is 24.2 Å². The van der Waals surface area contributed by atoms with Crippen molar-refractivity contribution >= 4 is 36.9 Å². The molecule has 0 aliphatic heterocycles. The second kappa shape index (κ2) is 8.98. The molecule has 0 amide bonds. The summed E-state index contributed by atoms with van der Waals surface area (Å²) < 4.78 is 59.1. The number of nitrogens with one attached hydrogen (secondary N) is 1. The second-order valence-corrected chi connectivity index (χ2v) is 10.6. The van der Waals surface area contributed by atoms with Crippen molar-refractivity contribution in [3.63, 3.8) is 0 Å². The highest BCUT2D eigenvalue weighted by Gasteiger charge is 2.25. The predicted molar refractivity (Wildman–Crippen MR) is 114 cm³/mol. The maximum Gasteiger partial charge on any atom is 0.261 e. The molecule has 1 aromatic heterocycles. The van der Waals surface area contributed by atoms with Crippen LogP contribution in [0.3, 0.4) is 0 Å². The first kappa shape index (κ1) is 21.4. The number of rotatable bonds is 9. The summed E-state index contributed by atoms with van der Waals surface area (Å²) in [7, 11) is -7.79. The molecule has 1 N–H and O–H groups in total. The van der Waals surface area contributed by atoms with E-state index in [1.54, 1.807) is 30.3 Å². The average molecular weight is 452 g/mol. The summed E-state index contributed by atoms with van der Waals surface area (Å²) in [5, 5.41) is 2.89. The zero-order valence-corrected chi connectivity index (χ0v) is 18.2. The number of sulfone groups is 1. The minimum Gasteiger partial charge on any atom is -0.494 e. The first-order chi connectivity index (χ1) is 13.8. The van der Waals surface area contributed by atoms with Gasteiger partial charge >= 0.3 is 0 Å². The van der Waals surface area contributed by atoms with Gasteiger partial charge in [-0.15, -0.1) is 11.3 Å². The lowest BCUT2D eigenvalue weighted by atomic mass is 10.3. The van der Waals surface area contributed by atoms with Gasteiger partial charge in [0.05, 0.1) is 22.1 Å². The van der Waals surface area contributed by atoms with E-state index in [0.29, 0.717) is 12.4 Å². The number of anilines is 1. The van der Waals surface area contributed by atoms with Gasteiger partial charge in [-0.3, -0.25) is 4.72 Å². The Morgan fingerprint density at radius 2 is 1.59 bits per heavy atom. The molecule has 0 atom stereocenters. The summed E-state index contributed by atoms with van der Waals surface area (Å²) in [6.45, 7) is 2.62. The van der Waals surface area contributed by atoms with Gasteiger partial charge < -0.3 is 4.74 Å². The zero-order chi connectivity index (χ0) is 20.9. The van der Waals surface area contributed by atoms with Crippen LogP contribution in [-0.2, 0) is 19.9 Å². The predicted octanol–water partition coefficient (Wildman–Crippen LogP) is 4.56. The van der Waals surface area contributed by atoms with Crippen LogP contribution < -0.4 is 9.46 Å². The molecule has 0 spiro atoms. The number of ether oxygens (including phenoxy) is 1. The van der Waals surface area contributed by atoms with E-state index < -0.39 is 19.9 Å². The molecule has 154 valence electrons. The van der Waals surface area contributed by atoms with Gasteiger partial charge in [-0.05, 0) is 42.8 Å². The Balaban J connectivity index is 1.83. The average Bonchev–Trinajstić information content (AvgIpc) is 3.17. The molecule has 0 aliphatic carbocycles. The molecule has 2 aromatic carbocycles. The number of unbranched alkanes of at least 4 members (excludes halogenated alkanes) is 1. The molecule has 0 saturated carbocycles. The highest BCUT2D eigenvalue weighted by molar-refractivity contribution is 7.93. The Labute approximate surface area is 175 Å². The molecule has 0 radical (unpaired) electrons. The van der Waals surface area contributed by atoms with Crippen LogP contribution in [0.4, 0.5) is 5.69 Å². The van der Waals surface area contributed by atoms with Gasteiger partial charge in [-0.1, -0.05) is 31.5 Å². The van der Waals surface area contributed by atoms with Crippen molar-refractivity contribution in [1.29, 1.82) is 0 Å². The van der Waals surface area contributed by atoms with E-state index in [2.05, 4.69) is 11.6 Å². The van der Waals surface area contributed by atoms with Crippen molar-refractivity contribution in [1.82, 2.24) is 0 Å². The van der Waals surface area contributed by atoms with Crippen LogP contribution in [0.25, 0.3) is 0 Å². The van der Waals surface area contributed by atoms with Crippen LogP contribution in [-0.4, -0.2) is 23.4 Å². The molecule has 1 heterocycles. The minimum absolute atomic E-state index is 0.0228. The Morgan fingerprint density at radius 3 is 2.24 bits per heavy atom. The molecule has 0 bridgehead atoms. The van der Waals surface area contributed by atoms with Crippen molar-refractivity contribution in [3.8, 4) is 5.75 Å². The summed E-state index contributed by atoms with van der Waals surface area (Å²) in [5.41, 5.74) is 0.0297. The van der Waals surface area contributed by atoms with Crippen LogP contribution in [0.1, 0.15) is 19.8 Å². The highest BCUT2D eigenvalue weighted by Crippen LogP contribution is 2.32. The van der Waals surface area contributed by atoms with E-state index in [1.165, 1.54) is 35.0 Å². The van der Waals surface area contributed by atoms with Gasteiger partial charge in [0.25, 0.3) is 10.0 Å². The van der Waals surface area contributed by atoms with Gasteiger partial charge in [0, 0.05) is 10.8 Å². The normalized spacial score (nSPS) is 11.9. The third kappa shape index (κ3) is 4.98.